The maximum Gasteiger partial charge on any atom is 0.104 e. The maximum absolute atomic E-state index is 2.20. The van der Waals surface area contributed by atoms with Crippen LogP contribution in [0.25, 0.3) is 0 Å². The fraction of sp³-hybridized carbons (Fsp3) is 0.400. The average Bonchev–Trinajstić information content (AvgIpc) is 2.67. The molecule has 0 aromatic heterocycles. The van der Waals surface area contributed by atoms with E-state index in [-0.39, 0.29) is 48.8 Å². The summed E-state index contributed by atoms with van der Waals surface area (Å²) in [6.45, 7) is 3.29. The Labute approximate surface area is 251 Å². The van der Waals surface area contributed by atoms with Crippen LogP contribution in [0.4, 0.5) is 0 Å². The van der Waals surface area contributed by atoms with Gasteiger partial charge in [-0.25, -0.2) is 0 Å². The van der Waals surface area contributed by atoms with Crippen molar-refractivity contribution in [2.75, 3.05) is 63.4 Å². The van der Waals surface area contributed by atoms with Gasteiger partial charge >= 0.3 is 0 Å². The molecule has 0 atom stereocenters. The largest absolute Gasteiger partial charge is 1.00 e. The lowest BCUT2D eigenvalue weighted by molar-refractivity contribution is -0.884. The fourth-order valence-corrected chi connectivity index (χ4v) is 3.39. The molecular formula is C30H48Cl2IN3. The average molecular weight is 649 g/mol. The second kappa shape index (κ2) is 19.0. The molecule has 0 fully saturated rings. The van der Waals surface area contributed by atoms with Crippen LogP contribution >= 0.6 is 0 Å². The third kappa shape index (κ3) is 23.3. The lowest BCUT2D eigenvalue weighted by Gasteiger charge is -2.23. The predicted octanol–water partition coefficient (Wildman–Crippen LogP) is -3.31. The van der Waals surface area contributed by atoms with Gasteiger partial charge in [-0.1, -0.05) is 91.0 Å². The van der Waals surface area contributed by atoms with Crippen molar-refractivity contribution in [2.24, 2.45) is 0 Å². The number of quaternary nitrogens is 3. The highest BCUT2D eigenvalue weighted by Gasteiger charge is 2.08. The highest BCUT2D eigenvalue weighted by molar-refractivity contribution is 5.14. The molecule has 0 bridgehead atoms. The van der Waals surface area contributed by atoms with Gasteiger partial charge in [-0.05, 0) is 0 Å². The zero-order chi connectivity index (χ0) is 25.0. The summed E-state index contributed by atoms with van der Waals surface area (Å²) in [6, 6.07) is 31.7. The van der Waals surface area contributed by atoms with E-state index in [1.807, 2.05) is 0 Å². The van der Waals surface area contributed by atoms with Crippen LogP contribution in [-0.4, -0.2) is 76.9 Å². The fourth-order valence-electron chi connectivity index (χ4n) is 3.39. The smallest absolute Gasteiger partial charge is 0.104 e. The van der Waals surface area contributed by atoms with Crippen LogP contribution < -0.4 is 48.8 Å². The van der Waals surface area contributed by atoms with Crippen molar-refractivity contribution in [1.82, 2.24) is 0 Å². The molecule has 0 heterocycles. The van der Waals surface area contributed by atoms with E-state index in [0.29, 0.717) is 0 Å². The monoisotopic (exact) mass is 647 g/mol. The number of halogens is 3. The summed E-state index contributed by atoms with van der Waals surface area (Å²) in [7, 11) is 19.8. The summed E-state index contributed by atoms with van der Waals surface area (Å²) in [5.74, 6) is 0. The van der Waals surface area contributed by atoms with Crippen molar-refractivity contribution >= 4 is 0 Å². The Kier molecular flexibility index (Phi) is 20.8. The lowest BCUT2D eigenvalue weighted by atomic mass is 10.2. The summed E-state index contributed by atoms with van der Waals surface area (Å²) in [6.07, 6.45) is 0. The third-order valence-electron chi connectivity index (χ3n) is 4.50. The number of nitrogens with zero attached hydrogens (tertiary/aromatic N) is 3. The van der Waals surface area contributed by atoms with Crippen LogP contribution in [0.2, 0.25) is 0 Å². The quantitative estimate of drug-likeness (QED) is 0.194. The van der Waals surface area contributed by atoms with E-state index in [1.54, 1.807) is 0 Å². The highest BCUT2D eigenvalue weighted by Crippen LogP contribution is 2.06. The molecule has 0 radical (unpaired) electrons. The Bertz CT molecular complexity index is 764. The van der Waals surface area contributed by atoms with Crippen molar-refractivity contribution in [3.8, 4) is 0 Å². The number of rotatable bonds is 6. The molecule has 0 unspecified atom stereocenters. The van der Waals surface area contributed by atoms with Crippen LogP contribution in [0.5, 0.6) is 0 Å². The molecule has 204 valence electrons. The Balaban J connectivity index is -0.000000436. The second-order valence-electron chi connectivity index (χ2n) is 11.8. The van der Waals surface area contributed by atoms with E-state index in [9.17, 15) is 0 Å². The molecule has 0 saturated carbocycles. The minimum absolute atomic E-state index is 0. The third-order valence-corrected chi connectivity index (χ3v) is 4.50. The normalized spacial score (nSPS) is 10.6. The zero-order valence-corrected chi connectivity index (χ0v) is 27.4. The van der Waals surface area contributed by atoms with Gasteiger partial charge in [0.2, 0.25) is 0 Å². The molecule has 3 aromatic rings. The predicted molar refractivity (Wildman–Crippen MR) is 145 cm³/mol. The minimum Gasteiger partial charge on any atom is -1.00 e. The molecule has 0 aliphatic carbocycles. The standard InChI is InChI=1S/3C10H16N.2ClH.HI/c3*1-11(2,3)9-10-7-5-4-6-8-10;;;/h3*4-8H,9H2,1-3H3;3*1H/q3*+1;;;/p-3. The van der Waals surface area contributed by atoms with Gasteiger partial charge in [0.25, 0.3) is 0 Å². The van der Waals surface area contributed by atoms with Gasteiger partial charge in [-0.3, -0.25) is 0 Å². The van der Waals surface area contributed by atoms with Crippen molar-refractivity contribution in [1.29, 1.82) is 0 Å². The van der Waals surface area contributed by atoms with Crippen LogP contribution in [0.15, 0.2) is 91.0 Å². The highest BCUT2D eigenvalue weighted by atomic mass is 127. The van der Waals surface area contributed by atoms with Crippen molar-refractivity contribution in [2.45, 2.75) is 19.6 Å². The van der Waals surface area contributed by atoms with Crippen molar-refractivity contribution in [3.05, 3.63) is 108 Å². The Hall–Kier alpha value is -1.15. The molecular weight excluding hydrogens is 600 g/mol. The van der Waals surface area contributed by atoms with Gasteiger partial charge in [-0.15, -0.1) is 0 Å². The number of hydrogen-bond donors (Lipinski definition) is 0. The van der Waals surface area contributed by atoms with Gasteiger partial charge in [-0.2, -0.15) is 0 Å². The molecule has 6 heteroatoms. The van der Waals surface area contributed by atoms with E-state index < -0.39 is 0 Å². The van der Waals surface area contributed by atoms with Gasteiger partial charge in [0.15, 0.2) is 0 Å². The SMILES string of the molecule is C[N+](C)(C)Cc1ccccc1.C[N+](C)(C)Cc1ccccc1.C[N+](C)(C)Cc1ccccc1.[Cl-].[Cl-].[I-]. The summed E-state index contributed by atoms with van der Waals surface area (Å²) in [5.41, 5.74) is 4.21. The molecule has 3 aromatic carbocycles. The first kappa shape index (κ1) is 39.4. The van der Waals surface area contributed by atoms with Crippen LogP contribution in [0.3, 0.4) is 0 Å². The van der Waals surface area contributed by atoms with Crippen molar-refractivity contribution < 1.29 is 62.2 Å². The van der Waals surface area contributed by atoms with E-state index in [1.165, 1.54) is 16.7 Å². The van der Waals surface area contributed by atoms with Crippen LogP contribution in [0.1, 0.15) is 16.7 Å². The topological polar surface area (TPSA) is 0 Å². The van der Waals surface area contributed by atoms with Gasteiger partial charge in [0, 0.05) is 16.7 Å². The zero-order valence-electron chi connectivity index (χ0n) is 23.8. The second-order valence-corrected chi connectivity index (χ2v) is 11.8. The molecule has 36 heavy (non-hydrogen) atoms. The Morgan fingerprint density at radius 1 is 0.361 bits per heavy atom. The minimum atomic E-state index is 0. The molecule has 0 aliphatic heterocycles. The molecule has 0 N–H and O–H groups in total. The summed E-state index contributed by atoms with van der Waals surface area (Å²) in [5, 5.41) is 0. The molecule has 3 nitrogen and oxygen atoms in total. The van der Waals surface area contributed by atoms with Gasteiger partial charge in [0.05, 0.1) is 63.4 Å². The first-order chi connectivity index (χ1) is 15.2. The van der Waals surface area contributed by atoms with Gasteiger partial charge in [0.1, 0.15) is 19.6 Å². The summed E-state index contributed by atoms with van der Waals surface area (Å²) >= 11 is 0. The molecule has 3 rings (SSSR count). The summed E-state index contributed by atoms with van der Waals surface area (Å²) < 4.78 is 2.97. The molecule has 0 amide bonds. The molecule has 0 aliphatic rings. The van der Waals surface area contributed by atoms with Crippen molar-refractivity contribution in [3.63, 3.8) is 0 Å². The maximum atomic E-state index is 2.20. The first-order valence-electron chi connectivity index (χ1n) is 11.8. The van der Waals surface area contributed by atoms with Crippen LogP contribution in [0, 0.1) is 0 Å². The van der Waals surface area contributed by atoms with E-state index in [2.05, 4.69) is 154 Å². The molecule has 0 spiro atoms. The Morgan fingerprint density at radius 2 is 0.528 bits per heavy atom. The lowest BCUT2D eigenvalue weighted by Crippen LogP contribution is -3.00. The first-order valence-corrected chi connectivity index (χ1v) is 11.8. The number of benzene rings is 3. The van der Waals surface area contributed by atoms with Gasteiger partial charge < -0.3 is 62.2 Å². The van der Waals surface area contributed by atoms with E-state index >= 15 is 0 Å². The van der Waals surface area contributed by atoms with Crippen LogP contribution in [-0.2, 0) is 19.6 Å². The van der Waals surface area contributed by atoms with E-state index in [4.69, 9.17) is 0 Å². The summed E-state index contributed by atoms with van der Waals surface area (Å²) in [4.78, 5) is 0. The Morgan fingerprint density at radius 3 is 0.667 bits per heavy atom. The molecule has 0 saturated heterocycles. The number of hydrogen-bond acceptors (Lipinski definition) is 0. The van der Waals surface area contributed by atoms with E-state index in [0.717, 1.165) is 33.1 Å².